The highest BCUT2D eigenvalue weighted by molar-refractivity contribution is 7.26. The zero-order valence-electron chi connectivity index (χ0n) is 25.4. The summed E-state index contributed by atoms with van der Waals surface area (Å²) in [5.41, 5.74) is 12.6. The predicted molar refractivity (Wildman–Crippen MR) is 200 cm³/mol. The third-order valence-corrected chi connectivity index (χ3v) is 10.6. The van der Waals surface area contributed by atoms with E-state index in [2.05, 4.69) is 168 Å². The highest BCUT2D eigenvalue weighted by Gasteiger charge is 2.18. The van der Waals surface area contributed by atoms with Crippen LogP contribution in [0.5, 0.6) is 0 Å². The van der Waals surface area contributed by atoms with Crippen molar-refractivity contribution >= 4 is 64.5 Å². The van der Waals surface area contributed by atoms with E-state index in [0.29, 0.717) is 0 Å². The second-order valence-corrected chi connectivity index (χ2v) is 13.2. The number of hydrogen-bond acceptors (Lipinski definition) is 2. The molecule has 0 bridgehead atoms. The Kier molecular flexibility index (Phi) is 5.78. The first-order valence-electron chi connectivity index (χ1n) is 15.9. The number of fused-ring (bicyclic) bond motifs is 8. The van der Waals surface area contributed by atoms with Crippen molar-refractivity contribution < 1.29 is 4.42 Å². The normalized spacial score (nSPS) is 11.8. The molecule has 10 rings (SSSR count). The molecule has 0 radical (unpaired) electrons. The van der Waals surface area contributed by atoms with Crippen LogP contribution in [-0.2, 0) is 0 Å². The summed E-state index contributed by atoms with van der Waals surface area (Å²) >= 11 is 1.88. The number of hydrogen-bond donors (Lipinski definition) is 0. The fourth-order valence-electron chi connectivity index (χ4n) is 7.20. The second-order valence-electron chi connectivity index (χ2n) is 12.1. The van der Waals surface area contributed by atoms with Crippen LogP contribution in [0, 0.1) is 0 Å². The van der Waals surface area contributed by atoms with E-state index >= 15 is 0 Å². The molecular formula is C44H27NOS. The van der Waals surface area contributed by atoms with Gasteiger partial charge >= 0.3 is 0 Å². The largest absolute Gasteiger partial charge is 0.455 e. The first-order valence-corrected chi connectivity index (χ1v) is 16.7. The lowest BCUT2D eigenvalue weighted by molar-refractivity contribution is 0.670. The van der Waals surface area contributed by atoms with Gasteiger partial charge in [0.15, 0.2) is 0 Å². The van der Waals surface area contributed by atoms with E-state index in [-0.39, 0.29) is 0 Å². The van der Waals surface area contributed by atoms with Crippen LogP contribution >= 0.6 is 11.3 Å². The van der Waals surface area contributed by atoms with Gasteiger partial charge in [0.25, 0.3) is 0 Å². The van der Waals surface area contributed by atoms with Gasteiger partial charge in [-0.2, -0.15) is 0 Å². The van der Waals surface area contributed by atoms with Crippen LogP contribution < -0.4 is 0 Å². The lowest BCUT2D eigenvalue weighted by Crippen LogP contribution is -1.92. The molecule has 2 nitrogen and oxygen atoms in total. The smallest absolute Gasteiger partial charge is 0.143 e. The van der Waals surface area contributed by atoms with Crippen molar-refractivity contribution in [1.29, 1.82) is 0 Å². The summed E-state index contributed by atoms with van der Waals surface area (Å²) < 4.78 is 11.6. The van der Waals surface area contributed by atoms with E-state index in [9.17, 15) is 0 Å². The van der Waals surface area contributed by atoms with E-state index in [1.54, 1.807) is 0 Å². The Balaban J connectivity index is 1.10. The predicted octanol–water partition coefficient (Wildman–Crippen LogP) is 12.9. The van der Waals surface area contributed by atoms with Crippen LogP contribution in [-0.4, -0.2) is 4.57 Å². The van der Waals surface area contributed by atoms with Crippen LogP contribution in [0.3, 0.4) is 0 Å². The van der Waals surface area contributed by atoms with Crippen LogP contribution in [0.25, 0.3) is 92.2 Å². The lowest BCUT2D eigenvalue weighted by atomic mass is 9.97. The topological polar surface area (TPSA) is 18.1 Å². The number of furan rings is 1. The summed E-state index contributed by atoms with van der Waals surface area (Å²) in [4.78, 5) is 0. The third-order valence-electron chi connectivity index (χ3n) is 9.40. The molecule has 0 aliphatic rings. The van der Waals surface area contributed by atoms with E-state index in [1.165, 1.54) is 59.1 Å². The van der Waals surface area contributed by atoms with Crippen LogP contribution in [0.15, 0.2) is 168 Å². The van der Waals surface area contributed by atoms with Crippen molar-refractivity contribution in [1.82, 2.24) is 4.57 Å². The van der Waals surface area contributed by atoms with Gasteiger partial charge in [-0.3, -0.25) is 0 Å². The zero-order chi connectivity index (χ0) is 30.9. The van der Waals surface area contributed by atoms with Gasteiger partial charge in [-0.25, -0.2) is 0 Å². The second kappa shape index (κ2) is 10.3. The van der Waals surface area contributed by atoms with Crippen molar-refractivity contribution in [2.75, 3.05) is 0 Å². The first-order chi connectivity index (χ1) is 23.3. The van der Waals surface area contributed by atoms with Gasteiger partial charge in [-0.1, -0.05) is 121 Å². The van der Waals surface area contributed by atoms with Crippen molar-refractivity contribution in [3.8, 4) is 39.1 Å². The first kappa shape index (κ1) is 26.3. The van der Waals surface area contributed by atoms with Crippen LogP contribution in [0.2, 0.25) is 0 Å². The van der Waals surface area contributed by atoms with Gasteiger partial charge in [0.05, 0.1) is 15.7 Å². The highest BCUT2D eigenvalue weighted by atomic mass is 32.1. The third kappa shape index (κ3) is 4.10. The van der Waals surface area contributed by atoms with Gasteiger partial charge in [0, 0.05) is 37.5 Å². The quantitative estimate of drug-likeness (QED) is 0.192. The Hall–Kier alpha value is -5.90. The number of nitrogens with zero attached hydrogens (tertiary/aromatic N) is 1. The van der Waals surface area contributed by atoms with Crippen molar-refractivity contribution in [3.63, 3.8) is 0 Å². The summed E-state index contributed by atoms with van der Waals surface area (Å²) in [5.74, 6) is 0. The summed E-state index contributed by atoms with van der Waals surface area (Å²) in [6.45, 7) is 0. The Bertz CT molecular complexity index is 2780. The molecule has 3 aromatic heterocycles. The molecule has 10 aromatic rings. The van der Waals surface area contributed by atoms with Gasteiger partial charge in [-0.15, -0.1) is 11.3 Å². The maximum Gasteiger partial charge on any atom is 0.143 e. The minimum atomic E-state index is 0.908. The molecule has 0 saturated carbocycles. The van der Waals surface area contributed by atoms with E-state index in [1.807, 2.05) is 11.3 Å². The Morgan fingerprint density at radius 3 is 2.02 bits per heavy atom. The van der Waals surface area contributed by atoms with Gasteiger partial charge in [-0.05, 0) is 70.3 Å². The number of para-hydroxylation sites is 3. The monoisotopic (exact) mass is 617 g/mol. The van der Waals surface area contributed by atoms with Gasteiger partial charge in [0.1, 0.15) is 11.2 Å². The van der Waals surface area contributed by atoms with Crippen LogP contribution in [0.4, 0.5) is 0 Å². The average molecular weight is 618 g/mol. The molecule has 0 saturated heterocycles. The molecule has 7 aromatic carbocycles. The molecule has 0 spiro atoms. The molecule has 3 heterocycles. The fourth-order valence-corrected chi connectivity index (χ4v) is 8.46. The summed E-state index contributed by atoms with van der Waals surface area (Å²) in [5, 5.41) is 4.86. The zero-order valence-corrected chi connectivity index (χ0v) is 26.2. The number of aromatic nitrogens is 1. The van der Waals surface area contributed by atoms with Gasteiger partial charge in [0.2, 0.25) is 0 Å². The summed E-state index contributed by atoms with van der Waals surface area (Å²) in [6, 6.07) is 58.7. The number of benzene rings is 7. The molecule has 0 atom stereocenters. The van der Waals surface area contributed by atoms with Crippen molar-refractivity contribution in [2.45, 2.75) is 0 Å². The number of rotatable bonds is 4. The molecule has 3 heteroatoms. The van der Waals surface area contributed by atoms with Crippen molar-refractivity contribution in [2.24, 2.45) is 0 Å². The molecule has 0 amide bonds. The molecule has 220 valence electrons. The molecular weight excluding hydrogens is 591 g/mol. The standard InChI is InChI=1S/C44H27NOS/c1-3-11-28(12-4-1)30-22-24-40-38(26-30)35-19-10-18-34(43(35)46-40)32-14-9-13-29(25-32)31-21-23-37-41(27-31)47-44-36-17-7-8-20-39(36)45(42(37)44)33-15-5-2-6-16-33/h1-27H. The SMILES string of the molecule is c1ccc(-c2ccc3oc4c(-c5cccc(-c6ccc7c(c6)sc6c8ccccc8n(-c8ccccc8)c76)c5)cccc4c3c2)cc1. The molecule has 0 unspecified atom stereocenters. The average Bonchev–Trinajstić information content (AvgIpc) is 3.80. The van der Waals surface area contributed by atoms with E-state index in [4.69, 9.17) is 4.42 Å². The summed E-state index contributed by atoms with van der Waals surface area (Å²) in [6.07, 6.45) is 0. The Labute approximate surface area is 275 Å². The molecule has 0 aliphatic heterocycles. The maximum atomic E-state index is 6.54. The molecule has 0 N–H and O–H groups in total. The van der Waals surface area contributed by atoms with Gasteiger partial charge < -0.3 is 8.98 Å². The Morgan fingerprint density at radius 1 is 0.447 bits per heavy atom. The molecule has 0 fully saturated rings. The maximum absolute atomic E-state index is 6.54. The lowest BCUT2D eigenvalue weighted by Gasteiger charge is -2.09. The minimum absolute atomic E-state index is 0.908. The molecule has 47 heavy (non-hydrogen) atoms. The van der Waals surface area contributed by atoms with E-state index in [0.717, 1.165) is 33.1 Å². The van der Waals surface area contributed by atoms with E-state index < -0.39 is 0 Å². The fraction of sp³-hybridized carbons (Fsp3) is 0. The Morgan fingerprint density at radius 2 is 1.13 bits per heavy atom. The molecule has 0 aliphatic carbocycles. The number of thiophene rings is 1. The highest BCUT2D eigenvalue weighted by Crippen LogP contribution is 2.44. The van der Waals surface area contributed by atoms with Crippen molar-refractivity contribution in [3.05, 3.63) is 164 Å². The van der Waals surface area contributed by atoms with Crippen LogP contribution in [0.1, 0.15) is 0 Å². The minimum Gasteiger partial charge on any atom is -0.455 e. The summed E-state index contributed by atoms with van der Waals surface area (Å²) in [7, 11) is 0.